The number of hydrogen-bond donors (Lipinski definition) is 1. The quantitative estimate of drug-likeness (QED) is 0.839. The first kappa shape index (κ1) is 13.6. The molecular formula is C17H24N2O. The molecule has 3 heteroatoms. The van der Waals surface area contributed by atoms with Gasteiger partial charge >= 0.3 is 0 Å². The van der Waals surface area contributed by atoms with Gasteiger partial charge in [0.2, 0.25) is 5.91 Å². The van der Waals surface area contributed by atoms with Gasteiger partial charge in [-0.2, -0.15) is 0 Å². The second-order valence-electron chi connectivity index (χ2n) is 6.26. The molecule has 108 valence electrons. The Labute approximate surface area is 121 Å². The van der Waals surface area contributed by atoms with Gasteiger partial charge in [-0.05, 0) is 30.7 Å². The summed E-state index contributed by atoms with van der Waals surface area (Å²) in [5.74, 6) is 1.07. The Bertz CT molecular complexity index is 459. The third kappa shape index (κ3) is 2.73. The van der Waals surface area contributed by atoms with E-state index in [0.29, 0.717) is 12.6 Å². The predicted octanol–water partition coefficient (Wildman–Crippen LogP) is 3.09. The number of amides is 1. The molecule has 1 aromatic carbocycles. The average molecular weight is 272 g/mol. The van der Waals surface area contributed by atoms with Crippen LogP contribution in [0.4, 0.5) is 0 Å². The normalized spacial score (nSPS) is 31.4. The van der Waals surface area contributed by atoms with E-state index in [1.807, 2.05) is 18.2 Å². The van der Waals surface area contributed by atoms with Crippen molar-refractivity contribution >= 4 is 5.91 Å². The van der Waals surface area contributed by atoms with E-state index in [2.05, 4.69) is 29.3 Å². The lowest BCUT2D eigenvalue weighted by Crippen LogP contribution is -2.39. The molecule has 3 unspecified atom stereocenters. The van der Waals surface area contributed by atoms with Crippen LogP contribution in [-0.2, 0) is 4.79 Å². The molecule has 0 bridgehead atoms. The first-order chi connectivity index (χ1) is 9.75. The largest absolute Gasteiger partial charge is 0.319 e. The van der Waals surface area contributed by atoms with Crippen molar-refractivity contribution in [1.82, 2.24) is 10.2 Å². The van der Waals surface area contributed by atoms with Gasteiger partial charge in [-0.15, -0.1) is 0 Å². The van der Waals surface area contributed by atoms with Crippen LogP contribution in [0.3, 0.4) is 0 Å². The third-order valence-corrected chi connectivity index (χ3v) is 4.75. The molecule has 1 aromatic rings. The molecule has 1 saturated heterocycles. The molecule has 2 aliphatic rings. The molecule has 1 aliphatic heterocycles. The van der Waals surface area contributed by atoms with Crippen LogP contribution >= 0.6 is 0 Å². The van der Waals surface area contributed by atoms with Crippen LogP contribution in [-0.4, -0.2) is 23.4 Å². The molecule has 3 nitrogen and oxygen atoms in total. The molecule has 1 aliphatic carbocycles. The van der Waals surface area contributed by atoms with Gasteiger partial charge in [0.05, 0.1) is 6.54 Å². The van der Waals surface area contributed by atoms with E-state index in [-0.39, 0.29) is 12.1 Å². The lowest BCUT2D eigenvalue weighted by molar-refractivity contribution is -0.130. The fraction of sp³-hybridized carbons (Fsp3) is 0.588. The highest BCUT2D eigenvalue weighted by molar-refractivity contribution is 5.81. The summed E-state index contributed by atoms with van der Waals surface area (Å²) in [6.45, 7) is 2.81. The zero-order chi connectivity index (χ0) is 13.9. The van der Waals surface area contributed by atoms with E-state index >= 15 is 0 Å². The maximum Gasteiger partial charge on any atom is 0.238 e. The van der Waals surface area contributed by atoms with Gasteiger partial charge in [-0.25, -0.2) is 0 Å². The Balaban J connectivity index is 1.80. The van der Waals surface area contributed by atoms with Crippen LogP contribution in [0.1, 0.15) is 50.8 Å². The zero-order valence-corrected chi connectivity index (χ0v) is 12.2. The molecule has 3 rings (SSSR count). The van der Waals surface area contributed by atoms with Crippen molar-refractivity contribution < 1.29 is 4.79 Å². The highest BCUT2D eigenvalue weighted by atomic mass is 16.2. The highest BCUT2D eigenvalue weighted by Crippen LogP contribution is 2.32. The van der Waals surface area contributed by atoms with Crippen molar-refractivity contribution in [3.63, 3.8) is 0 Å². The Kier molecular flexibility index (Phi) is 4.06. The smallest absolute Gasteiger partial charge is 0.238 e. The Morgan fingerprint density at radius 2 is 1.90 bits per heavy atom. The highest BCUT2D eigenvalue weighted by Gasteiger charge is 2.36. The topological polar surface area (TPSA) is 32.3 Å². The molecule has 0 spiro atoms. The number of nitrogens with one attached hydrogen (secondary N) is 1. The van der Waals surface area contributed by atoms with E-state index in [1.54, 1.807) is 0 Å². The van der Waals surface area contributed by atoms with Gasteiger partial charge in [0.25, 0.3) is 0 Å². The summed E-state index contributed by atoms with van der Waals surface area (Å²) >= 11 is 0. The van der Waals surface area contributed by atoms with Gasteiger partial charge in [-0.3, -0.25) is 10.1 Å². The van der Waals surface area contributed by atoms with Gasteiger partial charge in [0.1, 0.15) is 6.17 Å². The number of rotatable bonds is 2. The fourth-order valence-corrected chi connectivity index (χ4v) is 3.59. The monoisotopic (exact) mass is 272 g/mol. The molecule has 0 radical (unpaired) electrons. The minimum atomic E-state index is 0.0714. The van der Waals surface area contributed by atoms with Crippen LogP contribution in [0.15, 0.2) is 30.3 Å². The molecule has 1 amide bonds. The Hall–Kier alpha value is -1.35. The second-order valence-corrected chi connectivity index (χ2v) is 6.26. The lowest BCUT2D eigenvalue weighted by atomic mass is 10.0. The average Bonchev–Trinajstić information content (AvgIpc) is 2.72. The summed E-state index contributed by atoms with van der Waals surface area (Å²) in [6.07, 6.45) is 6.18. The number of hydrogen-bond acceptors (Lipinski definition) is 2. The maximum atomic E-state index is 12.3. The minimum absolute atomic E-state index is 0.0714. The van der Waals surface area contributed by atoms with Crippen LogP contribution < -0.4 is 5.32 Å². The summed E-state index contributed by atoms with van der Waals surface area (Å²) in [5.41, 5.74) is 1.20. The standard InChI is InChI=1S/C17H24N2O/c1-13-6-5-9-15(11-10-13)19-16(20)12-18-17(19)14-7-3-2-4-8-14/h2-4,7-8,13,15,17-18H,5-6,9-12H2,1H3. The van der Waals surface area contributed by atoms with E-state index < -0.39 is 0 Å². The maximum absolute atomic E-state index is 12.3. The van der Waals surface area contributed by atoms with Gasteiger partial charge in [0, 0.05) is 6.04 Å². The number of benzene rings is 1. The second kappa shape index (κ2) is 5.96. The summed E-state index contributed by atoms with van der Waals surface area (Å²) in [7, 11) is 0. The van der Waals surface area contributed by atoms with Gasteiger partial charge in [0.15, 0.2) is 0 Å². The van der Waals surface area contributed by atoms with Gasteiger partial charge in [-0.1, -0.05) is 50.1 Å². The number of carbonyl (C=O) groups is 1. The van der Waals surface area contributed by atoms with Crippen LogP contribution in [0, 0.1) is 5.92 Å². The first-order valence-corrected chi connectivity index (χ1v) is 7.85. The van der Waals surface area contributed by atoms with Crippen molar-refractivity contribution in [3.05, 3.63) is 35.9 Å². The van der Waals surface area contributed by atoms with Crippen LogP contribution in [0.25, 0.3) is 0 Å². The Morgan fingerprint density at radius 1 is 1.10 bits per heavy atom. The molecule has 1 N–H and O–H groups in total. The molecule has 0 aromatic heterocycles. The van der Waals surface area contributed by atoms with Crippen molar-refractivity contribution in [2.24, 2.45) is 5.92 Å². The van der Waals surface area contributed by atoms with Crippen molar-refractivity contribution in [1.29, 1.82) is 0 Å². The summed E-state index contributed by atoms with van der Waals surface area (Å²) in [6, 6.07) is 10.8. The van der Waals surface area contributed by atoms with Crippen LogP contribution in [0.2, 0.25) is 0 Å². The lowest BCUT2D eigenvalue weighted by Gasteiger charge is -2.32. The summed E-state index contributed by atoms with van der Waals surface area (Å²) in [4.78, 5) is 14.4. The third-order valence-electron chi connectivity index (χ3n) is 4.75. The van der Waals surface area contributed by atoms with E-state index in [0.717, 1.165) is 18.8 Å². The first-order valence-electron chi connectivity index (χ1n) is 7.85. The summed E-state index contributed by atoms with van der Waals surface area (Å²) in [5, 5.41) is 3.38. The molecule has 1 heterocycles. The van der Waals surface area contributed by atoms with Crippen molar-refractivity contribution in [2.75, 3.05) is 6.54 Å². The van der Waals surface area contributed by atoms with Crippen molar-refractivity contribution in [3.8, 4) is 0 Å². The molecule has 2 fully saturated rings. The van der Waals surface area contributed by atoms with Crippen LogP contribution in [0.5, 0.6) is 0 Å². The molecule has 20 heavy (non-hydrogen) atoms. The zero-order valence-electron chi connectivity index (χ0n) is 12.2. The molecule has 1 saturated carbocycles. The molecular weight excluding hydrogens is 248 g/mol. The molecule has 3 atom stereocenters. The SMILES string of the molecule is CC1CCCC(N2C(=O)CNC2c2ccccc2)CC1. The van der Waals surface area contributed by atoms with E-state index in [9.17, 15) is 4.79 Å². The van der Waals surface area contributed by atoms with Gasteiger partial charge < -0.3 is 4.90 Å². The van der Waals surface area contributed by atoms with E-state index in [1.165, 1.54) is 24.8 Å². The van der Waals surface area contributed by atoms with Crippen molar-refractivity contribution in [2.45, 2.75) is 51.2 Å². The van der Waals surface area contributed by atoms with E-state index in [4.69, 9.17) is 0 Å². The predicted molar refractivity (Wildman–Crippen MR) is 80.1 cm³/mol. The number of carbonyl (C=O) groups excluding carboxylic acids is 1. The fourth-order valence-electron chi connectivity index (χ4n) is 3.59. The summed E-state index contributed by atoms with van der Waals surface area (Å²) < 4.78 is 0. The minimum Gasteiger partial charge on any atom is -0.319 e. The number of nitrogens with zero attached hydrogens (tertiary/aromatic N) is 1. The Morgan fingerprint density at radius 3 is 2.70 bits per heavy atom.